The molecule has 0 fully saturated rings. The summed E-state index contributed by atoms with van der Waals surface area (Å²) in [5.41, 5.74) is 0.624. The van der Waals surface area contributed by atoms with Gasteiger partial charge in [0.2, 0.25) is 0 Å². The van der Waals surface area contributed by atoms with E-state index in [-0.39, 0.29) is 5.82 Å². The van der Waals surface area contributed by atoms with E-state index in [0.29, 0.717) is 12.2 Å². The summed E-state index contributed by atoms with van der Waals surface area (Å²) in [5, 5.41) is 0. The lowest BCUT2D eigenvalue weighted by Gasteiger charge is -2.05. The van der Waals surface area contributed by atoms with Crippen molar-refractivity contribution in [2.24, 2.45) is 0 Å². The van der Waals surface area contributed by atoms with Crippen LogP contribution in [-0.2, 0) is 11.3 Å². The summed E-state index contributed by atoms with van der Waals surface area (Å²) in [6, 6.07) is 5.06. The van der Waals surface area contributed by atoms with Crippen LogP contribution in [0.25, 0.3) is 0 Å². The van der Waals surface area contributed by atoms with E-state index in [1.807, 2.05) is 6.07 Å². The summed E-state index contributed by atoms with van der Waals surface area (Å²) >= 11 is 3.23. The first-order valence-corrected chi connectivity index (χ1v) is 6.55. The Hall–Kier alpha value is -0.410. The molecule has 1 aromatic rings. The van der Waals surface area contributed by atoms with Crippen molar-refractivity contribution < 1.29 is 9.13 Å². The molecule has 90 valence electrons. The van der Waals surface area contributed by atoms with Crippen molar-refractivity contribution in [3.05, 3.63) is 34.1 Å². The second-order valence-corrected chi connectivity index (χ2v) is 4.76. The van der Waals surface area contributed by atoms with Gasteiger partial charge in [-0.3, -0.25) is 0 Å². The Bertz CT molecular complexity index is 315. The predicted molar refractivity (Wildman–Crippen MR) is 67.9 cm³/mol. The quantitative estimate of drug-likeness (QED) is 0.662. The molecule has 0 aliphatic carbocycles. The molecule has 0 aliphatic heterocycles. The van der Waals surface area contributed by atoms with Crippen LogP contribution in [-0.4, -0.2) is 6.61 Å². The molecule has 0 saturated carbocycles. The molecule has 16 heavy (non-hydrogen) atoms. The first-order valence-electron chi connectivity index (χ1n) is 5.75. The van der Waals surface area contributed by atoms with E-state index in [9.17, 15) is 4.39 Å². The second kappa shape index (κ2) is 7.80. The lowest BCUT2D eigenvalue weighted by atomic mass is 10.2. The summed E-state index contributed by atoms with van der Waals surface area (Å²) in [4.78, 5) is 0. The van der Waals surface area contributed by atoms with Gasteiger partial charge in [-0.25, -0.2) is 4.39 Å². The number of hydrogen-bond acceptors (Lipinski definition) is 1. The molecule has 0 amide bonds. The first kappa shape index (κ1) is 13.7. The minimum atomic E-state index is -0.206. The largest absolute Gasteiger partial charge is 0.377 e. The summed E-state index contributed by atoms with van der Waals surface area (Å²) in [7, 11) is 0. The average Bonchev–Trinajstić information content (AvgIpc) is 2.26. The number of halogens is 2. The third kappa shape index (κ3) is 5.08. The minimum absolute atomic E-state index is 0.206. The van der Waals surface area contributed by atoms with Crippen LogP contribution in [0.3, 0.4) is 0 Å². The minimum Gasteiger partial charge on any atom is -0.377 e. The SMILES string of the molecule is CCCCCCOCc1ccc(Br)cc1F. The summed E-state index contributed by atoms with van der Waals surface area (Å²) in [6.45, 7) is 3.26. The van der Waals surface area contributed by atoms with Crippen molar-refractivity contribution in [1.82, 2.24) is 0 Å². The molecule has 1 aromatic carbocycles. The van der Waals surface area contributed by atoms with Crippen molar-refractivity contribution in [3.63, 3.8) is 0 Å². The van der Waals surface area contributed by atoms with E-state index in [2.05, 4.69) is 22.9 Å². The zero-order valence-electron chi connectivity index (χ0n) is 9.64. The van der Waals surface area contributed by atoms with Crippen LogP contribution in [0.1, 0.15) is 38.2 Å². The van der Waals surface area contributed by atoms with Gasteiger partial charge in [0, 0.05) is 16.6 Å². The number of hydrogen-bond donors (Lipinski definition) is 0. The molecule has 0 bridgehead atoms. The summed E-state index contributed by atoms with van der Waals surface area (Å²) in [6.07, 6.45) is 4.72. The molecule has 0 atom stereocenters. The molecular weight excluding hydrogens is 271 g/mol. The maximum atomic E-state index is 13.4. The van der Waals surface area contributed by atoms with Gasteiger partial charge in [0.1, 0.15) is 5.82 Å². The molecule has 0 N–H and O–H groups in total. The van der Waals surface area contributed by atoms with Crippen LogP contribution in [0.2, 0.25) is 0 Å². The molecule has 1 rings (SSSR count). The highest BCUT2D eigenvalue weighted by Crippen LogP contribution is 2.16. The van der Waals surface area contributed by atoms with Crippen molar-refractivity contribution in [2.45, 2.75) is 39.2 Å². The topological polar surface area (TPSA) is 9.23 Å². The van der Waals surface area contributed by atoms with E-state index < -0.39 is 0 Å². The van der Waals surface area contributed by atoms with E-state index in [1.54, 1.807) is 6.07 Å². The Morgan fingerprint density at radius 3 is 2.75 bits per heavy atom. The average molecular weight is 289 g/mol. The molecule has 1 nitrogen and oxygen atoms in total. The highest BCUT2D eigenvalue weighted by molar-refractivity contribution is 9.10. The summed E-state index contributed by atoms with van der Waals surface area (Å²) < 4.78 is 19.6. The molecule has 0 radical (unpaired) electrons. The lowest BCUT2D eigenvalue weighted by molar-refractivity contribution is 0.114. The molecule has 0 spiro atoms. The van der Waals surface area contributed by atoms with Gasteiger partial charge in [-0.15, -0.1) is 0 Å². The molecule has 0 saturated heterocycles. The second-order valence-electron chi connectivity index (χ2n) is 3.85. The Kier molecular flexibility index (Phi) is 6.65. The number of benzene rings is 1. The molecule has 3 heteroatoms. The highest BCUT2D eigenvalue weighted by atomic mass is 79.9. The van der Waals surface area contributed by atoms with Crippen LogP contribution in [0, 0.1) is 5.82 Å². The van der Waals surface area contributed by atoms with Crippen LogP contribution < -0.4 is 0 Å². The Morgan fingerprint density at radius 1 is 1.25 bits per heavy atom. The standard InChI is InChI=1S/C13H18BrFO/c1-2-3-4-5-8-16-10-11-6-7-12(14)9-13(11)15/h6-7,9H,2-5,8,10H2,1H3. The maximum Gasteiger partial charge on any atom is 0.129 e. The van der Waals surface area contributed by atoms with Crippen LogP contribution in [0.4, 0.5) is 4.39 Å². The van der Waals surface area contributed by atoms with Gasteiger partial charge in [-0.1, -0.05) is 48.2 Å². The highest BCUT2D eigenvalue weighted by Gasteiger charge is 2.02. The smallest absolute Gasteiger partial charge is 0.129 e. The zero-order valence-corrected chi connectivity index (χ0v) is 11.2. The van der Waals surface area contributed by atoms with Gasteiger partial charge in [-0.2, -0.15) is 0 Å². The van der Waals surface area contributed by atoms with Crippen LogP contribution in [0.15, 0.2) is 22.7 Å². The number of ether oxygens (including phenoxy) is 1. The van der Waals surface area contributed by atoms with Gasteiger partial charge in [-0.05, 0) is 18.6 Å². The Balaban J connectivity index is 2.21. The van der Waals surface area contributed by atoms with Crippen molar-refractivity contribution in [3.8, 4) is 0 Å². The van der Waals surface area contributed by atoms with Crippen LogP contribution in [0.5, 0.6) is 0 Å². The van der Waals surface area contributed by atoms with Gasteiger partial charge in [0.15, 0.2) is 0 Å². The van der Waals surface area contributed by atoms with Gasteiger partial charge >= 0.3 is 0 Å². The molecule has 0 aromatic heterocycles. The number of rotatable bonds is 7. The third-order valence-corrected chi connectivity index (χ3v) is 2.91. The maximum absolute atomic E-state index is 13.4. The number of unbranched alkanes of at least 4 members (excludes halogenated alkanes) is 3. The Labute approximate surface area is 105 Å². The van der Waals surface area contributed by atoms with Gasteiger partial charge in [0.25, 0.3) is 0 Å². The Morgan fingerprint density at radius 2 is 2.06 bits per heavy atom. The lowest BCUT2D eigenvalue weighted by Crippen LogP contribution is -1.98. The first-order chi connectivity index (χ1) is 7.74. The van der Waals surface area contributed by atoms with Crippen LogP contribution >= 0.6 is 15.9 Å². The van der Waals surface area contributed by atoms with Crippen molar-refractivity contribution in [2.75, 3.05) is 6.61 Å². The fourth-order valence-corrected chi connectivity index (χ4v) is 1.78. The molecule has 0 heterocycles. The van der Waals surface area contributed by atoms with Crippen molar-refractivity contribution >= 4 is 15.9 Å². The predicted octanol–water partition coefficient (Wildman–Crippen LogP) is 4.69. The zero-order chi connectivity index (χ0) is 11.8. The molecule has 0 unspecified atom stereocenters. The third-order valence-electron chi connectivity index (χ3n) is 2.41. The van der Waals surface area contributed by atoms with E-state index in [1.165, 1.54) is 25.3 Å². The monoisotopic (exact) mass is 288 g/mol. The normalized spacial score (nSPS) is 10.7. The van der Waals surface area contributed by atoms with E-state index in [4.69, 9.17) is 4.74 Å². The fourth-order valence-electron chi connectivity index (χ4n) is 1.45. The van der Waals surface area contributed by atoms with E-state index >= 15 is 0 Å². The molecule has 0 aliphatic rings. The fraction of sp³-hybridized carbons (Fsp3) is 0.538. The van der Waals surface area contributed by atoms with Crippen molar-refractivity contribution in [1.29, 1.82) is 0 Å². The summed E-state index contributed by atoms with van der Waals surface area (Å²) in [5.74, 6) is -0.206. The van der Waals surface area contributed by atoms with Gasteiger partial charge in [0.05, 0.1) is 6.61 Å². The van der Waals surface area contributed by atoms with Gasteiger partial charge < -0.3 is 4.74 Å². The molecular formula is C13H18BrFO. The van der Waals surface area contributed by atoms with E-state index in [0.717, 1.165) is 17.5 Å².